The van der Waals surface area contributed by atoms with Crippen molar-refractivity contribution in [2.75, 3.05) is 13.1 Å². The fourth-order valence-electron chi connectivity index (χ4n) is 2.93. The molecule has 6 nitrogen and oxygen atoms in total. The Labute approximate surface area is 146 Å². The zero-order valence-corrected chi connectivity index (χ0v) is 14.5. The molecule has 2 atom stereocenters. The molecule has 0 aliphatic carbocycles. The number of hydrogen-bond acceptors (Lipinski definition) is 4. The minimum atomic E-state index is -0.394. The number of urea groups is 1. The fraction of sp³-hybridized carbons (Fsp3) is 0.500. The normalized spacial score (nSPS) is 19.3. The van der Waals surface area contributed by atoms with Gasteiger partial charge in [0.05, 0.1) is 0 Å². The number of nitrogens with one attached hydrogen (secondary N) is 1. The topological polar surface area (TPSA) is 71.3 Å². The van der Waals surface area contributed by atoms with Gasteiger partial charge in [-0.05, 0) is 56.4 Å². The molecule has 2 aromatic rings. The highest BCUT2D eigenvalue weighted by atomic mass is 19.1. The standard InChI is InChI=1S/C18H23FN4O2/c1-12-4-3-10-23(11-9-12)18(24)20-13(2)17-21-16(22-25-17)14-5-7-15(19)8-6-14/h5-8,12-13H,3-4,9-11H2,1-2H3,(H,20,24)/t12-,13+/m0/s1. The Bertz CT molecular complexity index is 716. The molecule has 1 N–H and O–H groups in total. The van der Waals surface area contributed by atoms with Crippen LogP contribution in [-0.2, 0) is 0 Å². The number of amides is 2. The molecule has 2 amide bonds. The molecule has 3 rings (SSSR count). The minimum absolute atomic E-state index is 0.108. The second kappa shape index (κ2) is 7.63. The maximum absolute atomic E-state index is 13.0. The van der Waals surface area contributed by atoms with Gasteiger partial charge in [0.2, 0.25) is 11.7 Å². The molecule has 0 bridgehead atoms. The lowest BCUT2D eigenvalue weighted by Crippen LogP contribution is -2.41. The largest absolute Gasteiger partial charge is 0.337 e. The van der Waals surface area contributed by atoms with E-state index in [0.29, 0.717) is 23.2 Å². The lowest BCUT2D eigenvalue weighted by atomic mass is 10.0. The summed E-state index contributed by atoms with van der Waals surface area (Å²) in [6.45, 7) is 5.57. The van der Waals surface area contributed by atoms with Crippen molar-refractivity contribution in [1.82, 2.24) is 20.4 Å². The summed E-state index contributed by atoms with van der Waals surface area (Å²) in [5.74, 6) is 1.04. The average molecular weight is 346 g/mol. The quantitative estimate of drug-likeness (QED) is 0.918. The summed E-state index contributed by atoms with van der Waals surface area (Å²) in [6, 6.07) is 5.36. The van der Waals surface area contributed by atoms with Crippen LogP contribution < -0.4 is 5.32 Å². The number of hydrogen-bond donors (Lipinski definition) is 1. The van der Waals surface area contributed by atoms with E-state index < -0.39 is 6.04 Å². The summed E-state index contributed by atoms with van der Waals surface area (Å²) in [5.41, 5.74) is 0.663. The van der Waals surface area contributed by atoms with E-state index >= 15 is 0 Å². The monoisotopic (exact) mass is 346 g/mol. The summed E-state index contributed by atoms with van der Waals surface area (Å²) in [5, 5.41) is 6.82. The van der Waals surface area contributed by atoms with Crippen LogP contribution in [0.15, 0.2) is 28.8 Å². The molecule has 7 heteroatoms. The summed E-state index contributed by atoms with van der Waals surface area (Å²) >= 11 is 0. The first-order valence-corrected chi connectivity index (χ1v) is 8.68. The highest BCUT2D eigenvalue weighted by molar-refractivity contribution is 5.74. The third-order valence-electron chi connectivity index (χ3n) is 4.56. The van der Waals surface area contributed by atoms with Crippen LogP contribution >= 0.6 is 0 Å². The molecule has 1 aliphatic rings. The molecule has 134 valence electrons. The van der Waals surface area contributed by atoms with Crippen LogP contribution in [0.25, 0.3) is 11.4 Å². The van der Waals surface area contributed by atoms with Gasteiger partial charge >= 0.3 is 6.03 Å². The van der Waals surface area contributed by atoms with Crippen LogP contribution in [0, 0.1) is 11.7 Å². The third-order valence-corrected chi connectivity index (χ3v) is 4.56. The van der Waals surface area contributed by atoms with E-state index in [9.17, 15) is 9.18 Å². The van der Waals surface area contributed by atoms with Gasteiger partial charge in [-0.3, -0.25) is 0 Å². The number of benzene rings is 1. The lowest BCUT2D eigenvalue weighted by molar-refractivity contribution is 0.193. The second-order valence-electron chi connectivity index (χ2n) is 6.66. The number of aromatic nitrogens is 2. The zero-order chi connectivity index (χ0) is 17.8. The number of halogens is 1. The number of carbonyl (C=O) groups is 1. The first kappa shape index (κ1) is 17.4. The predicted octanol–water partition coefficient (Wildman–Crippen LogP) is 3.77. The Morgan fingerprint density at radius 1 is 1.32 bits per heavy atom. The second-order valence-corrected chi connectivity index (χ2v) is 6.66. The molecule has 1 aliphatic heterocycles. The Hall–Kier alpha value is -2.44. The van der Waals surface area contributed by atoms with Gasteiger partial charge in [0, 0.05) is 18.7 Å². The lowest BCUT2D eigenvalue weighted by Gasteiger charge is -2.22. The minimum Gasteiger partial charge on any atom is -0.337 e. The molecular weight excluding hydrogens is 323 g/mol. The number of carbonyl (C=O) groups excluding carboxylic acids is 1. The van der Waals surface area contributed by atoms with Crippen molar-refractivity contribution in [3.8, 4) is 11.4 Å². The number of rotatable bonds is 3. The van der Waals surface area contributed by atoms with Crippen molar-refractivity contribution >= 4 is 6.03 Å². The summed E-state index contributed by atoms with van der Waals surface area (Å²) in [6.07, 6.45) is 3.21. The first-order valence-electron chi connectivity index (χ1n) is 8.68. The van der Waals surface area contributed by atoms with Crippen molar-refractivity contribution in [3.63, 3.8) is 0 Å². The van der Waals surface area contributed by atoms with Crippen LogP contribution in [0.4, 0.5) is 9.18 Å². The van der Waals surface area contributed by atoms with E-state index in [1.165, 1.54) is 12.1 Å². The molecule has 1 fully saturated rings. The summed E-state index contributed by atoms with van der Waals surface area (Å²) in [4.78, 5) is 18.6. The molecule has 0 radical (unpaired) electrons. The molecule has 1 aromatic heterocycles. The van der Waals surface area contributed by atoms with Crippen LogP contribution in [0.5, 0.6) is 0 Å². The molecule has 0 unspecified atom stereocenters. The van der Waals surface area contributed by atoms with Crippen LogP contribution in [0.3, 0.4) is 0 Å². The fourth-order valence-corrected chi connectivity index (χ4v) is 2.93. The zero-order valence-electron chi connectivity index (χ0n) is 14.5. The van der Waals surface area contributed by atoms with Gasteiger partial charge in [-0.1, -0.05) is 12.1 Å². The maximum atomic E-state index is 13.0. The molecule has 1 aromatic carbocycles. The number of likely N-dealkylation sites (tertiary alicyclic amines) is 1. The van der Waals surface area contributed by atoms with Crippen LogP contribution in [0.2, 0.25) is 0 Å². The molecular formula is C18H23FN4O2. The van der Waals surface area contributed by atoms with Crippen LogP contribution in [-0.4, -0.2) is 34.2 Å². The SMILES string of the molecule is C[C@H]1CCCN(C(=O)N[C@H](C)c2nc(-c3ccc(F)cc3)no2)CC1. The van der Waals surface area contributed by atoms with Crippen molar-refractivity contribution < 1.29 is 13.7 Å². The van der Waals surface area contributed by atoms with Gasteiger partial charge in [-0.15, -0.1) is 0 Å². The number of nitrogens with zero attached hydrogens (tertiary/aromatic N) is 3. The predicted molar refractivity (Wildman–Crippen MR) is 91.2 cm³/mol. The van der Waals surface area contributed by atoms with E-state index in [2.05, 4.69) is 22.4 Å². The first-order chi connectivity index (χ1) is 12.0. The highest BCUT2D eigenvalue weighted by Crippen LogP contribution is 2.20. The van der Waals surface area contributed by atoms with Gasteiger partial charge in [0.1, 0.15) is 11.9 Å². The Kier molecular flexibility index (Phi) is 5.31. The molecule has 1 saturated heterocycles. The van der Waals surface area contributed by atoms with E-state index in [4.69, 9.17) is 4.52 Å². The highest BCUT2D eigenvalue weighted by Gasteiger charge is 2.22. The Morgan fingerprint density at radius 2 is 2.08 bits per heavy atom. The van der Waals surface area contributed by atoms with Gasteiger partial charge in [0.15, 0.2) is 0 Å². The van der Waals surface area contributed by atoms with Crippen molar-refractivity contribution in [3.05, 3.63) is 36.0 Å². The van der Waals surface area contributed by atoms with Crippen molar-refractivity contribution in [2.45, 2.75) is 39.2 Å². The Morgan fingerprint density at radius 3 is 2.84 bits per heavy atom. The van der Waals surface area contributed by atoms with E-state index in [-0.39, 0.29) is 11.8 Å². The van der Waals surface area contributed by atoms with Crippen molar-refractivity contribution in [1.29, 1.82) is 0 Å². The maximum Gasteiger partial charge on any atom is 0.318 e. The summed E-state index contributed by atoms with van der Waals surface area (Å²) < 4.78 is 18.2. The summed E-state index contributed by atoms with van der Waals surface area (Å²) in [7, 11) is 0. The van der Waals surface area contributed by atoms with Gasteiger partial charge in [0.25, 0.3) is 0 Å². The van der Waals surface area contributed by atoms with E-state index in [0.717, 1.165) is 32.4 Å². The third kappa shape index (κ3) is 4.35. The van der Waals surface area contributed by atoms with Gasteiger partial charge in [-0.25, -0.2) is 9.18 Å². The van der Waals surface area contributed by atoms with Crippen LogP contribution in [0.1, 0.15) is 45.0 Å². The van der Waals surface area contributed by atoms with Gasteiger partial charge in [-0.2, -0.15) is 4.98 Å². The smallest absolute Gasteiger partial charge is 0.318 e. The molecule has 0 saturated carbocycles. The van der Waals surface area contributed by atoms with E-state index in [1.54, 1.807) is 19.1 Å². The molecule has 0 spiro atoms. The van der Waals surface area contributed by atoms with E-state index in [1.807, 2.05) is 4.90 Å². The Balaban J connectivity index is 1.62. The van der Waals surface area contributed by atoms with Gasteiger partial charge < -0.3 is 14.7 Å². The average Bonchev–Trinajstić information content (AvgIpc) is 2.98. The van der Waals surface area contributed by atoms with Crippen molar-refractivity contribution in [2.24, 2.45) is 5.92 Å². The molecule has 2 heterocycles. The molecule has 25 heavy (non-hydrogen) atoms.